The zero-order valence-electron chi connectivity index (χ0n) is 6.80. The molecule has 3 nitrogen and oxygen atoms in total. The van der Waals surface area contributed by atoms with Gasteiger partial charge in [-0.15, -0.1) is 0 Å². The van der Waals surface area contributed by atoms with Gasteiger partial charge in [0.2, 0.25) is 5.88 Å². The van der Waals surface area contributed by atoms with E-state index < -0.39 is 0 Å². The lowest BCUT2D eigenvalue weighted by molar-refractivity contribution is 0.101. The quantitative estimate of drug-likeness (QED) is 0.612. The van der Waals surface area contributed by atoms with E-state index in [4.69, 9.17) is 4.74 Å². The van der Waals surface area contributed by atoms with E-state index in [1.165, 1.54) is 13.1 Å². The van der Waals surface area contributed by atoms with E-state index in [1.54, 1.807) is 13.2 Å². The molecule has 0 aliphatic carbocycles. The highest BCUT2D eigenvalue weighted by atomic mass is 127. The van der Waals surface area contributed by atoms with Crippen LogP contribution in [0.15, 0.2) is 12.3 Å². The summed E-state index contributed by atoms with van der Waals surface area (Å²) in [6.45, 7) is 1.51. The molecule has 0 N–H and O–H groups in total. The summed E-state index contributed by atoms with van der Waals surface area (Å²) in [4.78, 5) is 14.9. The first-order valence-corrected chi connectivity index (χ1v) is 4.43. The lowest BCUT2D eigenvalue weighted by atomic mass is 10.2. The molecule has 0 bridgehead atoms. The number of pyridine rings is 1. The molecule has 0 amide bonds. The van der Waals surface area contributed by atoms with E-state index >= 15 is 0 Å². The number of carbonyl (C=O) groups excluding carboxylic acids is 1. The van der Waals surface area contributed by atoms with Crippen molar-refractivity contribution in [1.29, 1.82) is 0 Å². The minimum atomic E-state index is 0.0167. The normalized spacial score (nSPS) is 9.58. The molecular formula is C8H8INO2. The van der Waals surface area contributed by atoms with Gasteiger partial charge >= 0.3 is 0 Å². The maximum atomic E-state index is 10.9. The molecule has 0 saturated carbocycles. The standard InChI is InChI=1S/C8H8INO2/c1-5(11)6-3-7(9)8(12-2)10-4-6/h3-4H,1-2H3. The number of ether oxygens (including phenoxy) is 1. The monoisotopic (exact) mass is 277 g/mol. The van der Waals surface area contributed by atoms with Crippen LogP contribution in [0.5, 0.6) is 5.88 Å². The zero-order chi connectivity index (χ0) is 9.14. The van der Waals surface area contributed by atoms with Gasteiger partial charge in [0, 0.05) is 11.8 Å². The molecule has 0 atom stereocenters. The van der Waals surface area contributed by atoms with Crippen LogP contribution < -0.4 is 4.74 Å². The fourth-order valence-corrected chi connectivity index (χ4v) is 1.46. The summed E-state index contributed by atoms with van der Waals surface area (Å²) in [5, 5.41) is 0. The molecule has 1 heterocycles. The number of Topliss-reactive ketones (excluding diaryl/α,β-unsaturated/α-hetero) is 1. The van der Waals surface area contributed by atoms with Crippen LogP contribution >= 0.6 is 22.6 Å². The Hall–Kier alpha value is -0.650. The number of halogens is 1. The van der Waals surface area contributed by atoms with Crippen molar-refractivity contribution < 1.29 is 9.53 Å². The number of hydrogen-bond acceptors (Lipinski definition) is 3. The van der Waals surface area contributed by atoms with Crippen molar-refractivity contribution in [3.63, 3.8) is 0 Å². The van der Waals surface area contributed by atoms with Crippen molar-refractivity contribution in [3.05, 3.63) is 21.4 Å². The highest BCUT2D eigenvalue weighted by Gasteiger charge is 2.05. The lowest BCUT2D eigenvalue weighted by Crippen LogP contribution is -1.97. The molecule has 1 rings (SSSR count). The van der Waals surface area contributed by atoms with E-state index in [2.05, 4.69) is 27.6 Å². The highest BCUT2D eigenvalue weighted by molar-refractivity contribution is 14.1. The van der Waals surface area contributed by atoms with E-state index in [0.717, 1.165) is 3.57 Å². The number of nitrogens with zero attached hydrogens (tertiary/aromatic N) is 1. The molecule has 0 aliphatic rings. The summed E-state index contributed by atoms with van der Waals surface area (Å²) in [7, 11) is 1.55. The Morgan fingerprint density at radius 2 is 2.33 bits per heavy atom. The van der Waals surface area contributed by atoms with Crippen molar-refractivity contribution in [2.45, 2.75) is 6.92 Å². The molecule has 12 heavy (non-hydrogen) atoms. The van der Waals surface area contributed by atoms with Crippen LogP contribution in [0.2, 0.25) is 0 Å². The topological polar surface area (TPSA) is 39.2 Å². The van der Waals surface area contributed by atoms with Crippen molar-refractivity contribution in [3.8, 4) is 5.88 Å². The van der Waals surface area contributed by atoms with E-state index in [0.29, 0.717) is 11.4 Å². The average molecular weight is 277 g/mol. The van der Waals surface area contributed by atoms with Crippen LogP contribution in [-0.2, 0) is 0 Å². The first-order chi connectivity index (χ1) is 5.65. The molecule has 1 aromatic heterocycles. The van der Waals surface area contributed by atoms with Crippen molar-refractivity contribution in [2.75, 3.05) is 7.11 Å². The first-order valence-electron chi connectivity index (χ1n) is 3.35. The Kier molecular flexibility index (Phi) is 3.02. The van der Waals surface area contributed by atoms with Crippen LogP contribution in [-0.4, -0.2) is 17.9 Å². The van der Waals surface area contributed by atoms with Gasteiger partial charge in [-0.2, -0.15) is 0 Å². The molecule has 0 saturated heterocycles. The Bertz CT molecular complexity index is 312. The second-order valence-electron chi connectivity index (χ2n) is 2.27. The third-order valence-electron chi connectivity index (χ3n) is 1.41. The Balaban J connectivity index is 3.10. The fraction of sp³-hybridized carbons (Fsp3) is 0.250. The predicted octanol–water partition coefficient (Wildman–Crippen LogP) is 1.90. The van der Waals surface area contributed by atoms with Gasteiger partial charge in [0.15, 0.2) is 5.78 Å². The van der Waals surface area contributed by atoms with E-state index in [1.807, 2.05) is 0 Å². The highest BCUT2D eigenvalue weighted by Crippen LogP contribution is 2.18. The van der Waals surface area contributed by atoms with E-state index in [9.17, 15) is 4.79 Å². The number of hydrogen-bond donors (Lipinski definition) is 0. The van der Waals surface area contributed by atoms with Crippen LogP contribution in [0.1, 0.15) is 17.3 Å². The van der Waals surface area contributed by atoms with E-state index in [-0.39, 0.29) is 5.78 Å². The summed E-state index contributed by atoms with van der Waals surface area (Å²) in [5.74, 6) is 0.573. The Morgan fingerprint density at radius 3 is 2.75 bits per heavy atom. The molecule has 0 unspecified atom stereocenters. The van der Waals surface area contributed by atoms with Gasteiger partial charge in [-0.05, 0) is 35.6 Å². The molecule has 0 spiro atoms. The second kappa shape index (κ2) is 3.84. The largest absolute Gasteiger partial charge is 0.480 e. The molecule has 0 radical (unpaired) electrons. The van der Waals surface area contributed by atoms with Gasteiger partial charge in [-0.1, -0.05) is 0 Å². The molecule has 0 fully saturated rings. The molecular weight excluding hydrogens is 269 g/mol. The maximum absolute atomic E-state index is 10.9. The summed E-state index contributed by atoms with van der Waals surface area (Å²) in [6.07, 6.45) is 1.52. The van der Waals surface area contributed by atoms with Crippen LogP contribution in [0.25, 0.3) is 0 Å². The Labute approximate surface area is 84.3 Å². The van der Waals surface area contributed by atoms with Crippen molar-refractivity contribution >= 4 is 28.4 Å². The van der Waals surface area contributed by atoms with Gasteiger partial charge in [0.1, 0.15) is 0 Å². The van der Waals surface area contributed by atoms with Crippen LogP contribution in [0.4, 0.5) is 0 Å². The van der Waals surface area contributed by atoms with Crippen molar-refractivity contribution in [2.24, 2.45) is 0 Å². The van der Waals surface area contributed by atoms with Gasteiger partial charge < -0.3 is 4.74 Å². The predicted molar refractivity (Wildman–Crippen MR) is 53.5 cm³/mol. The minimum Gasteiger partial charge on any atom is -0.480 e. The summed E-state index contributed by atoms with van der Waals surface area (Å²) in [5.41, 5.74) is 0.611. The number of aromatic nitrogens is 1. The molecule has 0 aromatic carbocycles. The van der Waals surface area contributed by atoms with Gasteiger partial charge in [0.25, 0.3) is 0 Å². The zero-order valence-corrected chi connectivity index (χ0v) is 8.95. The SMILES string of the molecule is COc1ncc(C(C)=O)cc1I. The van der Waals surface area contributed by atoms with Crippen LogP contribution in [0, 0.1) is 3.57 Å². The maximum Gasteiger partial charge on any atom is 0.226 e. The molecule has 64 valence electrons. The molecule has 1 aromatic rings. The first kappa shape index (κ1) is 9.44. The molecule has 4 heteroatoms. The number of methoxy groups -OCH3 is 1. The third kappa shape index (κ3) is 1.94. The lowest BCUT2D eigenvalue weighted by Gasteiger charge is -2.01. The number of rotatable bonds is 2. The van der Waals surface area contributed by atoms with Gasteiger partial charge in [0.05, 0.1) is 10.7 Å². The summed E-state index contributed by atoms with van der Waals surface area (Å²) < 4.78 is 5.80. The summed E-state index contributed by atoms with van der Waals surface area (Å²) >= 11 is 2.08. The van der Waals surface area contributed by atoms with Crippen LogP contribution in [0.3, 0.4) is 0 Å². The molecule has 0 aliphatic heterocycles. The fourth-order valence-electron chi connectivity index (χ4n) is 0.768. The number of carbonyl (C=O) groups is 1. The Morgan fingerprint density at radius 1 is 1.67 bits per heavy atom. The van der Waals surface area contributed by atoms with Gasteiger partial charge in [-0.3, -0.25) is 4.79 Å². The average Bonchev–Trinajstić information content (AvgIpc) is 2.04. The smallest absolute Gasteiger partial charge is 0.226 e. The summed E-state index contributed by atoms with van der Waals surface area (Å²) in [6, 6.07) is 1.76. The minimum absolute atomic E-state index is 0.0167. The van der Waals surface area contributed by atoms with Gasteiger partial charge in [-0.25, -0.2) is 4.98 Å². The third-order valence-corrected chi connectivity index (χ3v) is 2.18. The number of ketones is 1. The second-order valence-corrected chi connectivity index (χ2v) is 3.43. The van der Waals surface area contributed by atoms with Crippen molar-refractivity contribution in [1.82, 2.24) is 4.98 Å².